The van der Waals surface area contributed by atoms with Gasteiger partial charge in [-0.05, 0) is 34.1 Å². The van der Waals surface area contributed by atoms with Crippen LogP contribution in [0.2, 0.25) is 0 Å². The summed E-state index contributed by atoms with van der Waals surface area (Å²) in [7, 11) is 0. The van der Waals surface area contributed by atoms with Crippen LogP contribution in [0, 0.1) is 0 Å². The predicted molar refractivity (Wildman–Crippen MR) is 78.2 cm³/mol. The summed E-state index contributed by atoms with van der Waals surface area (Å²) in [6.07, 6.45) is 2.63. The molecule has 2 aromatic rings. The Morgan fingerprint density at radius 3 is 2.84 bits per heavy atom. The fourth-order valence-electron chi connectivity index (χ4n) is 1.49. The summed E-state index contributed by atoms with van der Waals surface area (Å²) < 4.78 is 1.84. The van der Waals surface area contributed by atoms with Gasteiger partial charge in [0.2, 0.25) is 0 Å². The highest BCUT2D eigenvalue weighted by molar-refractivity contribution is 9.11. The molecule has 2 rings (SSSR count). The molecule has 0 radical (unpaired) electrons. The van der Waals surface area contributed by atoms with Crippen LogP contribution in [0.5, 0.6) is 0 Å². The number of carbonyl (C=O) groups is 1. The first-order valence-electron chi connectivity index (χ1n) is 5.29. The Balaban J connectivity index is 2.17. The van der Waals surface area contributed by atoms with E-state index in [1.807, 2.05) is 18.2 Å². The molecule has 0 amide bonds. The van der Waals surface area contributed by atoms with Crippen LogP contribution in [0.25, 0.3) is 0 Å². The van der Waals surface area contributed by atoms with E-state index in [4.69, 9.17) is 5.11 Å². The summed E-state index contributed by atoms with van der Waals surface area (Å²) in [4.78, 5) is 18.7. The number of nitrogens with zero attached hydrogens (tertiary/aromatic N) is 2. The van der Waals surface area contributed by atoms with Gasteiger partial charge in [0.25, 0.3) is 0 Å². The standard InChI is InChI=1S/C12H9Br2N3O2/c13-7-1-2-10(9(14)3-7)16-5-11-8(12(18)19)4-15-6-17-11/h1-4,6,16H,5H2,(H,18,19). The highest BCUT2D eigenvalue weighted by atomic mass is 79.9. The molecular weight excluding hydrogens is 378 g/mol. The normalized spacial score (nSPS) is 10.2. The Kier molecular flexibility index (Phi) is 4.49. The smallest absolute Gasteiger partial charge is 0.339 e. The van der Waals surface area contributed by atoms with Gasteiger partial charge in [0.1, 0.15) is 11.9 Å². The number of hydrogen-bond donors (Lipinski definition) is 2. The molecule has 0 fully saturated rings. The molecule has 0 atom stereocenters. The summed E-state index contributed by atoms with van der Waals surface area (Å²) in [6.45, 7) is 0.310. The molecule has 0 saturated carbocycles. The maximum absolute atomic E-state index is 11.0. The van der Waals surface area contributed by atoms with Crippen molar-refractivity contribution in [2.45, 2.75) is 6.54 Å². The van der Waals surface area contributed by atoms with Crippen LogP contribution >= 0.6 is 31.9 Å². The van der Waals surface area contributed by atoms with Gasteiger partial charge in [-0.15, -0.1) is 0 Å². The minimum Gasteiger partial charge on any atom is -0.478 e. The lowest BCUT2D eigenvalue weighted by Gasteiger charge is -2.09. The van der Waals surface area contributed by atoms with Crippen molar-refractivity contribution in [2.75, 3.05) is 5.32 Å². The number of halogens is 2. The molecule has 98 valence electrons. The molecule has 1 aromatic heterocycles. The third-order valence-electron chi connectivity index (χ3n) is 2.40. The predicted octanol–water partition coefficient (Wildman–Crippen LogP) is 3.31. The van der Waals surface area contributed by atoms with E-state index in [0.717, 1.165) is 14.6 Å². The van der Waals surface area contributed by atoms with E-state index in [0.29, 0.717) is 12.2 Å². The lowest BCUT2D eigenvalue weighted by molar-refractivity contribution is 0.0694. The second-order valence-corrected chi connectivity index (χ2v) is 5.44. The Morgan fingerprint density at radius 2 is 2.16 bits per heavy atom. The van der Waals surface area contributed by atoms with E-state index < -0.39 is 5.97 Å². The number of rotatable bonds is 4. The molecule has 2 N–H and O–H groups in total. The summed E-state index contributed by atoms with van der Waals surface area (Å²) >= 11 is 6.79. The molecule has 0 spiro atoms. The van der Waals surface area contributed by atoms with Crippen LogP contribution in [0.4, 0.5) is 5.69 Å². The Labute approximate surface area is 126 Å². The molecule has 7 heteroatoms. The molecule has 0 aliphatic rings. The highest BCUT2D eigenvalue weighted by Crippen LogP contribution is 2.26. The first kappa shape index (κ1) is 14.0. The van der Waals surface area contributed by atoms with E-state index in [-0.39, 0.29) is 5.56 Å². The van der Waals surface area contributed by atoms with Crippen LogP contribution in [0.3, 0.4) is 0 Å². The molecule has 5 nitrogen and oxygen atoms in total. The van der Waals surface area contributed by atoms with Crippen LogP contribution in [0.1, 0.15) is 16.1 Å². The summed E-state index contributed by atoms with van der Waals surface area (Å²) in [5.41, 5.74) is 1.40. The van der Waals surface area contributed by atoms with Gasteiger partial charge in [-0.3, -0.25) is 0 Å². The van der Waals surface area contributed by atoms with Gasteiger partial charge in [-0.25, -0.2) is 14.8 Å². The Hall–Kier alpha value is -1.47. The molecule has 0 unspecified atom stereocenters. The molecule has 1 aromatic carbocycles. The van der Waals surface area contributed by atoms with Crippen molar-refractivity contribution in [1.29, 1.82) is 0 Å². The number of aromatic carboxylic acids is 1. The molecule has 0 aliphatic carbocycles. The second kappa shape index (κ2) is 6.12. The maximum atomic E-state index is 11.0. The summed E-state index contributed by atoms with van der Waals surface area (Å²) in [5, 5.41) is 12.2. The van der Waals surface area contributed by atoms with Crippen molar-refractivity contribution >= 4 is 43.5 Å². The van der Waals surface area contributed by atoms with Gasteiger partial charge < -0.3 is 10.4 Å². The van der Waals surface area contributed by atoms with Gasteiger partial charge in [0.05, 0.1) is 12.2 Å². The first-order valence-corrected chi connectivity index (χ1v) is 6.87. The quantitative estimate of drug-likeness (QED) is 0.842. The number of carboxylic acids is 1. The maximum Gasteiger partial charge on any atom is 0.339 e. The summed E-state index contributed by atoms with van der Waals surface area (Å²) in [6, 6.07) is 5.68. The van der Waals surface area contributed by atoms with Gasteiger partial charge >= 0.3 is 5.97 Å². The molecule has 19 heavy (non-hydrogen) atoms. The van der Waals surface area contributed by atoms with Gasteiger partial charge in [-0.2, -0.15) is 0 Å². The fourth-order valence-corrected chi connectivity index (χ4v) is 2.67. The lowest BCUT2D eigenvalue weighted by atomic mass is 10.2. The molecule has 0 saturated heterocycles. The van der Waals surface area contributed by atoms with Crippen molar-refractivity contribution in [3.63, 3.8) is 0 Å². The van der Waals surface area contributed by atoms with Crippen LogP contribution in [-0.4, -0.2) is 21.0 Å². The van der Waals surface area contributed by atoms with Crippen LogP contribution in [0.15, 0.2) is 39.7 Å². The highest BCUT2D eigenvalue weighted by Gasteiger charge is 2.11. The lowest BCUT2D eigenvalue weighted by Crippen LogP contribution is -2.10. The van der Waals surface area contributed by atoms with Gasteiger partial charge in [0, 0.05) is 20.8 Å². The largest absolute Gasteiger partial charge is 0.478 e. The molecule has 1 heterocycles. The number of carboxylic acid groups (broad SMARTS) is 1. The van der Waals surface area contributed by atoms with E-state index in [2.05, 4.69) is 47.1 Å². The van der Waals surface area contributed by atoms with E-state index >= 15 is 0 Å². The van der Waals surface area contributed by atoms with Gasteiger partial charge in [-0.1, -0.05) is 15.9 Å². The third kappa shape index (κ3) is 3.51. The first-order chi connectivity index (χ1) is 9.08. The molecule has 0 bridgehead atoms. The zero-order valence-corrected chi connectivity index (χ0v) is 12.8. The third-order valence-corrected chi connectivity index (χ3v) is 3.55. The fraction of sp³-hybridized carbons (Fsp3) is 0.0833. The number of benzene rings is 1. The molecule has 0 aliphatic heterocycles. The van der Waals surface area contributed by atoms with E-state index in [1.54, 1.807) is 0 Å². The summed E-state index contributed by atoms with van der Waals surface area (Å²) in [5.74, 6) is -1.03. The monoisotopic (exact) mass is 385 g/mol. The number of hydrogen-bond acceptors (Lipinski definition) is 4. The van der Waals surface area contributed by atoms with Crippen molar-refractivity contribution < 1.29 is 9.90 Å². The number of nitrogens with one attached hydrogen (secondary N) is 1. The minimum absolute atomic E-state index is 0.100. The SMILES string of the molecule is O=C(O)c1cncnc1CNc1ccc(Br)cc1Br. The van der Waals surface area contributed by atoms with Gasteiger partial charge in [0.15, 0.2) is 0 Å². The van der Waals surface area contributed by atoms with E-state index in [9.17, 15) is 4.79 Å². The average Bonchev–Trinajstić information content (AvgIpc) is 2.38. The average molecular weight is 387 g/mol. The molecular formula is C12H9Br2N3O2. The Morgan fingerprint density at radius 1 is 1.37 bits per heavy atom. The number of anilines is 1. The van der Waals surface area contributed by atoms with E-state index in [1.165, 1.54) is 12.5 Å². The van der Waals surface area contributed by atoms with Crippen LogP contribution < -0.4 is 5.32 Å². The van der Waals surface area contributed by atoms with Crippen LogP contribution in [-0.2, 0) is 6.54 Å². The second-order valence-electron chi connectivity index (χ2n) is 3.67. The Bertz CT molecular complexity index is 620. The minimum atomic E-state index is -1.03. The van der Waals surface area contributed by atoms with Crippen molar-refractivity contribution in [1.82, 2.24) is 9.97 Å². The van der Waals surface area contributed by atoms with Crippen molar-refractivity contribution in [3.8, 4) is 0 Å². The van der Waals surface area contributed by atoms with Crippen molar-refractivity contribution in [3.05, 3.63) is 50.9 Å². The zero-order valence-electron chi connectivity index (χ0n) is 9.60. The topological polar surface area (TPSA) is 75.1 Å². The van der Waals surface area contributed by atoms with Crippen molar-refractivity contribution in [2.24, 2.45) is 0 Å². The zero-order chi connectivity index (χ0) is 13.8. The number of aromatic nitrogens is 2.